The topological polar surface area (TPSA) is 76.0 Å². The van der Waals surface area contributed by atoms with Gasteiger partial charge in [0, 0.05) is 16.8 Å². The molecule has 2 aromatic carbocycles. The van der Waals surface area contributed by atoms with Gasteiger partial charge in [0.1, 0.15) is 12.3 Å². The zero-order chi connectivity index (χ0) is 25.0. The number of anilines is 1. The Balaban J connectivity index is 1.49. The van der Waals surface area contributed by atoms with Gasteiger partial charge < -0.3 is 14.8 Å². The molecule has 1 atom stereocenters. The number of pyridine rings is 1. The first-order chi connectivity index (χ1) is 16.7. The number of ether oxygens (including phenoxy) is 2. The van der Waals surface area contributed by atoms with E-state index >= 15 is 0 Å². The first-order valence-electron chi connectivity index (χ1n) is 10.5. The van der Waals surface area contributed by atoms with Crippen molar-refractivity contribution in [2.75, 3.05) is 25.5 Å². The van der Waals surface area contributed by atoms with Crippen LogP contribution in [-0.4, -0.2) is 48.2 Å². The second-order valence-corrected chi connectivity index (χ2v) is 8.05. The number of amides is 1. The number of carbonyl (C=O) groups excluding carboxylic acids is 1. The molecule has 35 heavy (non-hydrogen) atoms. The van der Waals surface area contributed by atoms with Crippen LogP contribution in [0.4, 0.5) is 18.9 Å². The molecule has 0 saturated heterocycles. The van der Waals surface area contributed by atoms with Crippen LogP contribution in [0.15, 0.2) is 71.8 Å². The van der Waals surface area contributed by atoms with Gasteiger partial charge in [0.25, 0.3) is 0 Å². The number of alkyl halides is 3. The van der Waals surface area contributed by atoms with Crippen molar-refractivity contribution in [3.8, 4) is 11.6 Å². The molecule has 0 aliphatic carbocycles. The van der Waals surface area contributed by atoms with E-state index in [0.717, 1.165) is 29.1 Å². The lowest BCUT2D eigenvalue weighted by Gasteiger charge is -2.16. The molecular weight excluding hydrogens is 485 g/mol. The molecule has 0 radical (unpaired) electrons. The zero-order valence-corrected chi connectivity index (χ0v) is 19.2. The lowest BCUT2D eigenvalue weighted by atomic mass is 9.94. The van der Waals surface area contributed by atoms with Gasteiger partial charge in [-0.3, -0.25) is 9.80 Å². The summed E-state index contributed by atoms with van der Waals surface area (Å²) in [5, 5.41) is 9.52. The Hall–Kier alpha value is -3.79. The molecule has 2 heterocycles. The maximum atomic E-state index is 12.6. The molecule has 0 bridgehead atoms. The molecule has 4 rings (SSSR count). The third-order valence-electron chi connectivity index (χ3n) is 5.12. The average Bonchev–Trinajstić information content (AvgIpc) is 3.23. The molecule has 1 amide bonds. The molecule has 1 N–H and O–H groups in total. The molecular formula is C24H20ClF3N4O3. The average molecular weight is 505 g/mol. The third kappa shape index (κ3) is 6.42. The SMILES string of the molecule is COc1cccc(C2CN(CC(=O)Nc3ccc(OC(F)(F)F)cc3)N=C2c2ccc(Cl)cc2)n1. The van der Waals surface area contributed by atoms with Gasteiger partial charge in [-0.1, -0.05) is 29.8 Å². The number of nitrogens with zero attached hydrogens (tertiary/aromatic N) is 3. The highest BCUT2D eigenvalue weighted by atomic mass is 35.5. The van der Waals surface area contributed by atoms with E-state index in [1.165, 1.54) is 19.2 Å². The fourth-order valence-corrected chi connectivity index (χ4v) is 3.74. The summed E-state index contributed by atoms with van der Waals surface area (Å²) >= 11 is 6.03. The van der Waals surface area contributed by atoms with E-state index in [1.54, 1.807) is 23.2 Å². The summed E-state index contributed by atoms with van der Waals surface area (Å²) in [6.07, 6.45) is -4.78. The van der Waals surface area contributed by atoms with Crippen molar-refractivity contribution in [2.24, 2.45) is 5.10 Å². The van der Waals surface area contributed by atoms with Crippen molar-refractivity contribution in [3.63, 3.8) is 0 Å². The van der Waals surface area contributed by atoms with Crippen molar-refractivity contribution in [1.29, 1.82) is 0 Å². The molecule has 0 spiro atoms. The number of aromatic nitrogens is 1. The highest BCUT2D eigenvalue weighted by molar-refractivity contribution is 6.30. The predicted molar refractivity (Wildman–Crippen MR) is 125 cm³/mol. The largest absolute Gasteiger partial charge is 0.573 e. The summed E-state index contributed by atoms with van der Waals surface area (Å²) in [6.45, 7) is 0.322. The molecule has 1 aliphatic rings. The van der Waals surface area contributed by atoms with E-state index in [2.05, 4.69) is 20.1 Å². The van der Waals surface area contributed by atoms with E-state index in [-0.39, 0.29) is 24.1 Å². The first kappa shape index (κ1) is 24.3. The highest BCUT2D eigenvalue weighted by Crippen LogP contribution is 2.29. The first-order valence-corrected chi connectivity index (χ1v) is 10.8. The summed E-state index contributed by atoms with van der Waals surface area (Å²) in [5.41, 5.74) is 2.63. The summed E-state index contributed by atoms with van der Waals surface area (Å²) in [7, 11) is 1.54. The molecule has 7 nitrogen and oxygen atoms in total. The Morgan fingerprint density at radius 1 is 1.11 bits per heavy atom. The molecule has 0 fully saturated rings. The van der Waals surface area contributed by atoms with E-state index in [9.17, 15) is 18.0 Å². The van der Waals surface area contributed by atoms with Gasteiger partial charge in [-0.05, 0) is 48.0 Å². The van der Waals surface area contributed by atoms with Gasteiger partial charge in [-0.15, -0.1) is 13.2 Å². The number of benzene rings is 2. The predicted octanol–water partition coefficient (Wildman–Crippen LogP) is 5.08. The van der Waals surface area contributed by atoms with E-state index in [4.69, 9.17) is 16.3 Å². The van der Waals surface area contributed by atoms with Crippen molar-refractivity contribution >= 4 is 28.9 Å². The molecule has 11 heteroatoms. The minimum atomic E-state index is -4.78. The number of methoxy groups -OCH3 is 1. The van der Waals surface area contributed by atoms with Crippen LogP contribution >= 0.6 is 11.6 Å². The smallest absolute Gasteiger partial charge is 0.481 e. The number of nitrogens with one attached hydrogen (secondary N) is 1. The van der Waals surface area contributed by atoms with Crippen molar-refractivity contribution in [3.05, 3.63) is 83.0 Å². The Bertz CT molecular complexity index is 1220. The summed E-state index contributed by atoms with van der Waals surface area (Å²) in [5.74, 6) is -0.515. The molecule has 1 aromatic heterocycles. The zero-order valence-electron chi connectivity index (χ0n) is 18.4. The summed E-state index contributed by atoms with van der Waals surface area (Å²) < 4.78 is 46.1. The molecule has 182 valence electrons. The van der Waals surface area contributed by atoms with Crippen molar-refractivity contribution in [1.82, 2.24) is 9.99 Å². The van der Waals surface area contributed by atoms with Crippen LogP contribution in [0.1, 0.15) is 17.2 Å². The van der Waals surface area contributed by atoms with E-state index in [1.807, 2.05) is 24.3 Å². The fourth-order valence-electron chi connectivity index (χ4n) is 3.62. The standard InChI is InChI=1S/C24H20ClF3N4O3/c1-34-22-4-2-3-20(30-22)19-13-32(31-23(19)15-5-7-16(25)8-6-15)14-21(33)29-17-9-11-18(12-10-17)35-24(26,27)28/h2-12,19H,13-14H2,1H3,(H,29,33). The minimum Gasteiger partial charge on any atom is -0.481 e. The van der Waals surface area contributed by atoms with Crippen LogP contribution in [0.2, 0.25) is 5.02 Å². The van der Waals surface area contributed by atoms with Crippen LogP contribution in [0, 0.1) is 0 Å². The lowest BCUT2D eigenvalue weighted by Crippen LogP contribution is -2.29. The summed E-state index contributed by atoms with van der Waals surface area (Å²) in [6, 6.07) is 17.6. The van der Waals surface area contributed by atoms with E-state index < -0.39 is 6.36 Å². The monoisotopic (exact) mass is 504 g/mol. The maximum absolute atomic E-state index is 12.6. The van der Waals surface area contributed by atoms with Crippen LogP contribution in [0.25, 0.3) is 0 Å². The maximum Gasteiger partial charge on any atom is 0.573 e. The molecule has 0 saturated carbocycles. The van der Waals surface area contributed by atoms with Crippen LogP contribution < -0.4 is 14.8 Å². The Morgan fingerprint density at radius 3 is 2.49 bits per heavy atom. The summed E-state index contributed by atoms with van der Waals surface area (Å²) in [4.78, 5) is 17.2. The molecule has 3 aromatic rings. The van der Waals surface area contributed by atoms with Gasteiger partial charge in [0.2, 0.25) is 11.8 Å². The van der Waals surface area contributed by atoms with Gasteiger partial charge in [0.15, 0.2) is 0 Å². The van der Waals surface area contributed by atoms with Gasteiger partial charge in [0.05, 0.1) is 31.0 Å². The highest BCUT2D eigenvalue weighted by Gasteiger charge is 2.32. The van der Waals surface area contributed by atoms with E-state index in [0.29, 0.717) is 23.1 Å². The Morgan fingerprint density at radius 2 is 1.83 bits per heavy atom. The molecule has 1 aliphatic heterocycles. The molecule has 1 unspecified atom stereocenters. The number of hydrazone groups is 1. The second-order valence-electron chi connectivity index (χ2n) is 7.62. The number of hydrogen-bond donors (Lipinski definition) is 1. The number of rotatable bonds is 7. The van der Waals surface area contributed by atoms with Crippen molar-refractivity contribution < 1.29 is 27.4 Å². The fraction of sp³-hybridized carbons (Fsp3) is 0.208. The number of halogens is 4. The Labute approximate surface area is 204 Å². The van der Waals surface area contributed by atoms with Gasteiger partial charge in [-0.25, -0.2) is 4.98 Å². The van der Waals surface area contributed by atoms with Crippen LogP contribution in [0.3, 0.4) is 0 Å². The Kier molecular flexibility index (Phi) is 7.11. The van der Waals surface area contributed by atoms with Crippen LogP contribution in [0.5, 0.6) is 11.6 Å². The van der Waals surface area contributed by atoms with Crippen LogP contribution in [-0.2, 0) is 4.79 Å². The third-order valence-corrected chi connectivity index (χ3v) is 5.37. The second kappa shape index (κ2) is 10.2. The minimum absolute atomic E-state index is 0.0711. The lowest BCUT2D eigenvalue weighted by molar-refractivity contribution is -0.274. The van der Waals surface area contributed by atoms with Gasteiger partial charge >= 0.3 is 6.36 Å². The number of hydrogen-bond acceptors (Lipinski definition) is 6. The number of carbonyl (C=O) groups is 1. The quantitative estimate of drug-likeness (QED) is 0.485. The normalized spacial score (nSPS) is 15.5. The van der Waals surface area contributed by atoms with Crippen molar-refractivity contribution in [2.45, 2.75) is 12.3 Å². The van der Waals surface area contributed by atoms with Gasteiger partial charge in [-0.2, -0.15) is 5.10 Å².